The Bertz CT molecular complexity index is 827. The van der Waals surface area contributed by atoms with Crippen molar-refractivity contribution in [3.63, 3.8) is 0 Å². The molecule has 0 aromatic heterocycles. The molecular formula is C22H29N3O4. The van der Waals surface area contributed by atoms with Crippen molar-refractivity contribution in [3.8, 4) is 0 Å². The van der Waals surface area contributed by atoms with E-state index in [9.17, 15) is 19.2 Å². The zero-order valence-corrected chi connectivity index (χ0v) is 17.2. The van der Waals surface area contributed by atoms with Gasteiger partial charge in [-0.3, -0.25) is 24.1 Å². The largest absolute Gasteiger partial charge is 0.354 e. The number of nitrogens with one attached hydrogen (secondary N) is 2. The summed E-state index contributed by atoms with van der Waals surface area (Å²) in [7, 11) is 0. The van der Waals surface area contributed by atoms with Crippen LogP contribution in [0.4, 0.5) is 0 Å². The molecule has 156 valence electrons. The van der Waals surface area contributed by atoms with E-state index in [1.54, 1.807) is 12.1 Å². The molecule has 1 aromatic rings. The molecular weight excluding hydrogens is 370 g/mol. The van der Waals surface area contributed by atoms with Gasteiger partial charge in [-0.05, 0) is 45.2 Å². The summed E-state index contributed by atoms with van der Waals surface area (Å²) >= 11 is 0. The third-order valence-electron chi connectivity index (χ3n) is 5.77. The number of carbonyl (C=O) groups is 4. The van der Waals surface area contributed by atoms with Crippen molar-refractivity contribution in [2.75, 3.05) is 13.1 Å². The Kier molecular flexibility index (Phi) is 6.35. The predicted molar refractivity (Wildman–Crippen MR) is 108 cm³/mol. The van der Waals surface area contributed by atoms with Gasteiger partial charge in [0.2, 0.25) is 11.8 Å². The average Bonchev–Trinajstić information content (AvgIpc) is 2.93. The highest BCUT2D eigenvalue weighted by atomic mass is 16.2. The van der Waals surface area contributed by atoms with Crippen LogP contribution in [-0.2, 0) is 9.59 Å². The molecule has 0 atom stereocenters. The fraction of sp³-hybridized carbons (Fsp3) is 0.545. The summed E-state index contributed by atoms with van der Waals surface area (Å²) in [5.41, 5.74) is 0.937. The topological polar surface area (TPSA) is 95.6 Å². The van der Waals surface area contributed by atoms with Crippen molar-refractivity contribution < 1.29 is 19.2 Å². The summed E-state index contributed by atoms with van der Waals surface area (Å²) in [5, 5.41) is 5.79. The lowest BCUT2D eigenvalue weighted by Gasteiger charge is -2.36. The Labute approximate surface area is 171 Å². The van der Waals surface area contributed by atoms with Crippen molar-refractivity contribution in [2.45, 2.75) is 64.3 Å². The number of fused-ring (bicyclic) bond motifs is 1. The first-order chi connectivity index (χ1) is 13.9. The minimum Gasteiger partial charge on any atom is -0.354 e. The van der Waals surface area contributed by atoms with Gasteiger partial charge in [0.25, 0.3) is 11.8 Å². The first kappa shape index (κ1) is 21.0. The molecule has 1 heterocycles. The summed E-state index contributed by atoms with van der Waals surface area (Å²) in [5.74, 6) is -0.953. The van der Waals surface area contributed by atoms with Crippen LogP contribution >= 0.6 is 0 Å². The van der Waals surface area contributed by atoms with Gasteiger partial charge in [-0.15, -0.1) is 0 Å². The second-order valence-electron chi connectivity index (χ2n) is 7.96. The van der Waals surface area contributed by atoms with Crippen LogP contribution in [0.15, 0.2) is 18.2 Å². The van der Waals surface area contributed by atoms with Crippen LogP contribution in [-0.4, -0.2) is 47.2 Å². The zero-order valence-electron chi connectivity index (χ0n) is 17.2. The van der Waals surface area contributed by atoms with E-state index >= 15 is 0 Å². The molecule has 0 saturated heterocycles. The van der Waals surface area contributed by atoms with Crippen molar-refractivity contribution in [3.05, 3.63) is 34.9 Å². The standard InChI is InChI=1S/C22H29N3O4/c1-3-23-21(29)22(11-5-4-6-12-22)24-18(26)8-7-13-25-19(27)16-10-9-15(2)14-17(16)20(25)28/h9-10,14H,3-8,11-13H2,1-2H3,(H,23,29)(H,24,26). The van der Waals surface area contributed by atoms with Crippen molar-refractivity contribution in [2.24, 2.45) is 0 Å². The Morgan fingerprint density at radius 1 is 1.07 bits per heavy atom. The van der Waals surface area contributed by atoms with Gasteiger partial charge in [0.1, 0.15) is 5.54 Å². The molecule has 0 unspecified atom stereocenters. The lowest BCUT2D eigenvalue weighted by atomic mass is 9.80. The molecule has 1 aliphatic heterocycles. The van der Waals surface area contributed by atoms with Gasteiger partial charge in [0, 0.05) is 19.5 Å². The molecule has 2 aliphatic rings. The van der Waals surface area contributed by atoms with Crippen LogP contribution in [0.2, 0.25) is 0 Å². The van der Waals surface area contributed by atoms with Crippen LogP contribution in [0.25, 0.3) is 0 Å². The van der Waals surface area contributed by atoms with Crippen molar-refractivity contribution in [1.82, 2.24) is 15.5 Å². The molecule has 7 heteroatoms. The molecule has 2 N–H and O–H groups in total. The number of imide groups is 1. The molecule has 29 heavy (non-hydrogen) atoms. The Hall–Kier alpha value is -2.70. The summed E-state index contributed by atoms with van der Waals surface area (Å²) in [6, 6.07) is 5.21. The van der Waals surface area contributed by atoms with E-state index in [1.807, 2.05) is 19.9 Å². The number of nitrogens with zero attached hydrogens (tertiary/aromatic N) is 1. The van der Waals surface area contributed by atoms with E-state index in [1.165, 1.54) is 4.90 Å². The summed E-state index contributed by atoms with van der Waals surface area (Å²) in [6.07, 6.45) is 4.69. The fourth-order valence-corrected chi connectivity index (χ4v) is 4.23. The molecule has 1 aromatic carbocycles. The molecule has 0 radical (unpaired) electrons. The predicted octanol–water partition coefficient (Wildman–Crippen LogP) is 2.33. The number of carbonyl (C=O) groups excluding carboxylic acids is 4. The molecule has 1 saturated carbocycles. The smallest absolute Gasteiger partial charge is 0.261 e. The van der Waals surface area contributed by atoms with Gasteiger partial charge < -0.3 is 10.6 Å². The number of hydrogen-bond donors (Lipinski definition) is 2. The molecule has 1 fully saturated rings. The van der Waals surface area contributed by atoms with Crippen LogP contribution in [0.5, 0.6) is 0 Å². The Morgan fingerprint density at radius 3 is 2.45 bits per heavy atom. The summed E-state index contributed by atoms with van der Waals surface area (Å²) in [4.78, 5) is 51.3. The van der Waals surface area contributed by atoms with Gasteiger partial charge in [-0.1, -0.05) is 30.9 Å². The van der Waals surface area contributed by atoms with E-state index in [0.717, 1.165) is 24.8 Å². The van der Waals surface area contributed by atoms with E-state index in [4.69, 9.17) is 0 Å². The van der Waals surface area contributed by atoms with E-state index in [2.05, 4.69) is 10.6 Å². The third kappa shape index (κ3) is 4.33. The number of benzene rings is 1. The normalized spacial score (nSPS) is 17.8. The second-order valence-corrected chi connectivity index (χ2v) is 7.96. The summed E-state index contributed by atoms with van der Waals surface area (Å²) in [6.45, 7) is 4.45. The zero-order chi connectivity index (χ0) is 21.0. The highest BCUT2D eigenvalue weighted by Gasteiger charge is 2.40. The van der Waals surface area contributed by atoms with E-state index < -0.39 is 5.54 Å². The molecule has 3 rings (SSSR count). The van der Waals surface area contributed by atoms with Gasteiger partial charge in [-0.25, -0.2) is 0 Å². The average molecular weight is 399 g/mol. The van der Waals surface area contributed by atoms with E-state index in [-0.39, 0.29) is 36.6 Å². The van der Waals surface area contributed by atoms with Crippen LogP contribution in [0, 0.1) is 6.92 Å². The van der Waals surface area contributed by atoms with Crippen LogP contribution in [0.1, 0.15) is 78.1 Å². The lowest BCUT2D eigenvalue weighted by molar-refractivity contribution is -0.135. The van der Waals surface area contributed by atoms with Gasteiger partial charge in [-0.2, -0.15) is 0 Å². The minimum atomic E-state index is -0.835. The first-order valence-electron chi connectivity index (χ1n) is 10.4. The molecule has 0 spiro atoms. The van der Waals surface area contributed by atoms with Gasteiger partial charge in [0.15, 0.2) is 0 Å². The second kappa shape index (κ2) is 8.76. The number of rotatable bonds is 7. The molecule has 0 bridgehead atoms. The maximum Gasteiger partial charge on any atom is 0.261 e. The molecule has 7 nitrogen and oxygen atoms in total. The fourth-order valence-electron chi connectivity index (χ4n) is 4.23. The SMILES string of the molecule is CCNC(=O)C1(NC(=O)CCCN2C(=O)c3ccc(C)cc3C2=O)CCCCC1. The summed E-state index contributed by atoms with van der Waals surface area (Å²) < 4.78 is 0. The highest BCUT2D eigenvalue weighted by molar-refractivity contribution is 6.21. The maximum atomic E-state index is 12.6. The number of amides is 4. The minimum absolute atomic E-state index is 0.122. The number of hydrogen-bond acceptors (Lipinski definition) is 4. The first-order valence-corrected chi connectivity index (χ1v) is 10.4. The maximum absolute atomic E-state index is 12.6. The lowest BCUT2D eigenvalue weighted by Crippen LogP contribution is -2.59. The van der Waals surface area contributed by atoms with Crippen LogP contribution in [0.3, 0.4) is 0 Å². The van der Waals surface area contributed by atoms with Crippen LogP contribution < -0.4 is 10.6 Å². The number of likely N-dealkylation sites (N-methyl/N-ethyl adjacent to an activating group) is 1. The number of aryl methyl sites for hydroxylation is 1. The van der Waals surface area contributed by atoms with Crippen molar-refractivity contribution >= 4 is 23.6 Å². The van der Waals surface area contributed by atoms with Crippen molar-refractivity contribution in [1.29, 1.82) is 0 Å². The van der Waals surface area contributed by atoms with Gasteiger partial charge in [0.05, 0.1) is 11.1 Å². The highest BCUT2D eigenvalue weighted by Crippen LogP contribution is 2.29. The monoisotopic (exact) mass is 399 g/mol. The molecule has 4 amide bonds. The Morgan fingerprint density at radius 2 is 1.76 bits per heavy atom. The van der Waals surface area contributed by atoms with E-state index in [0.29, 0.717) is 36.9 Å². The third-order valence-corrected chi connectivity index (χ3v) is 5.77. The molecule has 1 aliphatic carbocycles. The van der Waals surface area contributed by atoms with Gasteiger partial charge >= 0.3 is 0 Å². The quantitative estimate of drug-likeness (QED) is 0.688. The Balaban J connectivity index is 1.56.